The molecular formula is C27H31F3N6O3S. The summed E-state index contributed by atoms with van der Waals surface area (Å²) in [7, 11) is 3.30. The Kier molecular flexibility index (Phi) is 8.74. The molecule has 0 atom stereocenters. The molecule has 1 saturated carbocycles. The normalized spacial score (nSPS) is 19.2. The van der Waals surface area contributed by atoms with Gasteiger partial charge in [-0.15, -0.1) is 11.3 Å². The molecule has 1 aromatic carbocycles. The van der Waals surface area contributed by atoms with Crippen LogP contribution in [0, 0.1) is 6.92 Å². The van der Waals surface area contributed by atoms with E-state index in [4.69, 9.17) is 0 Å². The zero-order valence-electron chi connectivity index (χ0n) is 22.4. The van der Waals surface area contributed by atoms with Gasteiger partial charge in [0.1, 0.15) is 16.3 Å². The second-order valence-electron chi connectivity index (χ2n) is 10.2. The van der Waals surface area contributed by atoms with Gasteiger partial charge in [0, 0.05) is 51.1 Å². The highest BCUT2D eigenvalue weighted by Gasteiger charge is 2.38. The molecule has 1 aliphatic carbocycles. The number of alkyl halides is 3. The van der Waals surface area contributed by atoms with Crippen molar-refractivity contribution in [1.82, 2.24) is 25.2 Å². The van der Waals surface area contributed by atoms with Gasteiger partial charge < -0.3 is 20.6 Å². The molecule has 2 heterocycles. The largest absolute Gasteiger partial charge is 0.433 e. The number of aromatic nitrogens is 3. The summed E-state index contributed by atoms with van der Waals surface area (Å²) >= 11 is 1.35. The van der Waals surface area contributed by atoms with E-state index in [2.05, 4.69) is 25.6 Å². The highest BCUT2D eigenvalue weighted by molar-refractivity contribution is 7.15. The van der Waals surface area contributed by atoms with E-state index in [1.165, 1.54) is 16.2 Å². The van der Waals surface area contributed by atoms with Crippen LogP contribution in [0.25, 0.3) is 10.4 Å². The summed E-state index contributed by atoms with van der Waals surface area (Å²) in [6.45, 7) is 1.86. The van der Waals surface area contributed by atoms with E-state index < -0.39 is 17.5 Å². The number of nitrogens with one attached hydrogen (secondary N) is 2. The Morgan fingerprint density at radius 3 is 2.55 bits per heavy atom. The molecule has 40 heavy (non-hydrogen) atoms. The van der Waals surface area contributed by atoms with Crippen molar-refractivity contribution < 1.29 is 27.9 Å². The van der Waals surface area contributed by atoms with Gasteiger partial charge in [-0.1, -0.05) is 6.07 Å². The lowest BCUT2D eigenvalue weighted by Crippen LogP contribution is -2.42. The molecule has 2 aromatic heterocycles. The first-order chi connectivity index (χ1) is 18.8. The monoisotopic (exact) mass is 576 g/mol. The fourth-order valence-corrected chi connectivity index (χ4v) is 5.57. The van der Waals surface area contributed by atoms with Crippen molar-refractivity contribution in [3.8, 4) is 10.4 Å². The number of aliphatic hydroxyl groups is 1. The fourth-order valence-electron chi connectivity index (χ4n) is 4.52. The van der Waals surface area contributed by atoms with Crippen LogP contribution in [0.5, 0.6) is 0 Å². The molecule has 0 radical (unpaired) electrons. The molecule has 4 rings (SSSR count). The van der Waals surface area contributed by atoms with E-state index in [0.29, 0.717) is 36.4 Å². The maximum Gasteiger partial charge on any atom is 0.433 e. The van der Waals surface area contributed by atoms with Crippen molar-refractivity contribution in [2.24, 2.45) is 0 Å². The Morgan fingerprint density at radius 2 is 1.88 bits per heavy atom. The summed E-state index contributed by atoms with van der Waals surface area (Å²) in [5.41, 5.74) is 0.0135. The predicted molar refractivity (Wildman–Crippen MR) is 145 cm³/mol. The average molecular weight is 577 g/mol. The Hall–Kier alpha value is -3.58. The third-order valence-electron chi connectivity index (χ3n) is 6.71. The quantitative estimate of drug-likeness (QED) is 0.353. The molecule has 0 bridgehead atoms. The number of hydrogen-bond donors (Lipinski definition) is 3. The lowest BCUT2D eigenvalue weighted by Gasteiger charge is -2.34. The van der Waals surface area contributed by atoms with Crippen LogP contribution in [-0.2, 0) is 21.4 Å². The van der Waals surface area contributed by atoms with E-state index in [-0.39, 0.29) is 36.6 Å². The molecule has 0 saturated heterocycles. The Balaban J connectivity index is 1.40. The predicted octanol–water partition coefficient (Wildman–Crippen LogP) is 4.79. The molecule has 0 spiro atoms. The van der Waals surface area contributed by atoms with E-state index in [1.807, 2.05) is 13.0 Å². The number of anilines is 2. The van der Waals surface area contributed by atoms with Gasteiger partial charge in [-0.25, -0.2) is 15.0 Å². The molecule has 3 aromatic rings. The second-order valence-corrected chi connectivity index (χ2v) is 11.2. The van der Waals surface area contributed by atoms with E-state index in [1.54, 1.807) is 32.4 Å². The van der Waals surface area contributed by atoms with Gasteiger partial charge in [-0.05, 0) is 61.9 Å². The minimum atomic E-state index is -4.58. The Bertz CT molecular complexity index is 1370. The summed E-state index contributed by atoms with van der Waals surface area (Å²) in [6.07, 6.45) is 0.436. The molecule has 13 heteroatoms. The highest BCUT2D eigenvalue weighted by atomic mass is 32.1. The van der Waals surface area contributed by atoms with Crippen molar-refractivity contribution in [1.29, 1.82) is 0 Å². The SMILES string of the molecule is Cc1cc(Nc2nccc(C(F)(F)F)n2)cc(-c2cnc([C@]3(O)CC[C@@H](NC(=O)CCC(=O)N(C)C)CC3)s2)c1. The number of carbonyl (C=O) groups excluding carboxylic acids is 2. The third-order valence-corrected chi connectivity index (χ3v) is 7.95. The highest BCUT2D eigenvalue weighted by Crippen LogP contribution is 2.41. The minimum absolute atomic E-state index is 0.0786. The van der Waals surface area contributed by atoms with E-state index in [9.17, 15) is 27.9 Å². The number of rotatable bonds is 8. The number of benzene rings is 1. The average Bonchev–Trinajstić information content (AvgIpc) is 3.40. The first-order valence-electron chi connectivity index (χ1n) is 12.8. The summed E-state index contributed by atoms with van der Waals surface area (Å²) < 4.78 is 39.1. The Labute approximate surface area is 233 Å². The molecule has 0 aliphatic heterocycles. The Morgan fingerprint density at radius 1 is 1.15 bits per heavy atom. The van der Waals surface area contributed by atoms with Crippen molar-refractivity contribution in [2.75, 3.05) is 19.4 Å². The lowest BCUT2D eigenvalue weighted by atomic mass is 9.82. The maximum absolute atomic E-state index is 13.0. The van der Waals surface area contributed by atoms with Gasteiger partial charge in [-0.3, -0.25) is 9.59 Å². The van der Waals surface area contributed by atoms with Crippen LogP contribution in [-0.4, -0.2) is 56.9 Å². The van der Waals surface area contributed by atoms with Crippen LogP contribution >= 0.6 is 11.3 Å². The van der Waals surface area contributed by atoms with Crippen LogP contribution < -0.4 is 10.6 Å². The number of halogens is 3. The minimum Gasteiger partial charge on any atom is -0.383 e. The number of aryl methyl sites for hydroxylation is 1. The molecule has 1 aliphatic rings. The lowest BCUT2D eigenvalue weighted by molar-refractivity contribution is -0.141. The molecular weight excluding hydrogens is 545 g/mol. The van der Waals surface area contributed by atoms with Gasteiger partial charge in [0.05, 0.1) is 4.88 Å². The van der Waals surface area contributed by atoms with Crippen molar-refractivity contribution in [3.05, 3.63) is 52.9 Å². The maximum atomic E-state index is 13.0. The summed E-state index contributed by atoms with van der Waals surface area (Å²) in [5, 5.41) is 17.7. The second kappa shape index (κ2) is 11.9. The van der Waals surface area contributed by atoms with Gasteiger partial charge >= 0.3 is 6.18 Å². The molecule has 1 fully saturated rings. The zero-order valence-corrected chi connectivity index (χ0v) is 23.2. The first kappa shape index (κ1) is 29.4. The van der Waals surface area contributed by atoms with Crippen molar-refractivity contribution in [3.63, 3.8) is 0 Å². The summed E-state index contributed by atoms with van der Waals surface area (Å²) in [6, 6.07) is 6.20. The third kappa shape index (κ3) is 7.33. The topological polar surface area (TPSA) is 120 Å². The first-order valence-corrected chi connectivity index (χ1v) is 13.6. The number of carbonyl (C=O) groups is 2. The van der Waals surface area contributed by atoms with Crippen molar-refractivity contribution in [2.45, 2.75) is 63.3 Å². The van der Waals surface area contributed by atoms with Crippen LogP contribution in [0.3, 0.4) is 0 Å². The van der Waals surface area contributed by atoms with Gasteiger partial charge in [-0.2, -0.15) is 13.2 Å². The van der Waals surface area contributed by atoms with Gasteiger partial charge in [0.25, 0.3) is 0 Å². The van der Waals surface area contributed by atoms with Crippen molar-refractivity contribution >= 4 is 34.8 Å². The zero-order chi connectivity index (χ0) is 29.1. The molecule has 214 valence electrons. The van der Waals surface area contributed by atoms with E-state index >= 15 is 0 Å². The van der Waals surface area contributed by atoms with Crippen LogP contribution in [0.15, 0.2) is 36.7 Å². The molecule has 0 unspecified atom stereocenters. The summed E-state index contributed by atoms with van der Waals surface area (Å²) in [4.78, 5) is 38.1. The fraction of sp³-hybridized carbons (Fsp3) is 0.444. The smallest absolute Gasteiger partial charge is 0.383 e. The number of thiazole rings is 1. The van der Waals surface area contributed by atoms with Crippen LogP contribution in [0.1, 0.15) is 54.8 Å². The van der Waals surface area contributed by atoms with Gasteiger partial charge in [0.2, 0.25) is 17.8 Å². The number of hydrogen-bond acceptors (Lipinski definition) is 8. The van der Waals surface area contributed by atoms with Gasteiger partial charge in [0.15, 0.2) is 0 Å². The van der Waals surface area contributed by atoms with Crippen LogP contribution in [0.4, 0.5) is 24.8 Å². The summed E-state index contributed by atoms with van der Waals surface area (Å²) in [5.74, 6) is -0.450. The number of nitrogens with zero attached hydrogens (tertiary/aromatic N) is 4. The van der Waals surface area contributed by atoms with Crippen LogP contribution in [0.2, 0.25) is 0 Å². The van der Waals surface area contributed by atoms with E-state index in [0.717, 1.165) is 28.3 Å². The number of amides is 2. The molecule has 3 N–H and O–H groups in total. The molecule has 2 amide bonds. The molecule has 9 nitrogen and oxygen atoms in total. The standard InChI is InChI=1S/C27H31F3N6O3S/c1-16-12-17(14-19(13-16)34-25-31-11-8-21(35-25)27(28,29)30)20-15-32-24(40-20)26(39)9-6-18(7-10-26)33-22(37)4-5-23(38)36(2)3/h8,11-15,18,39H,4-7,9-10H2,1-3H3,(H,33,37)(H,31,34,35)/t18-,26+.